The highest BCUT2D eigenvalue weighted by Crippen LogP contribution is 2.31. The van der Waals surface area contributed by atoms with Crippen molar-refractivity contribution < 1.29 is 38.4 Å². The Labute approximate surface area is 214 Å². The van der Waals surface area contributed by atoms with E-state index in [9.17, 15) is 33.7 Å². The standard InChI is InChI=1S/C26H33F2N3O6/c27-26(28,20-6-5-7-21(13-20)31-24(35)15-30-25(31)36)17-37-11-4-2-1-3-10-29-14-23(34)18-8-9-22(33)19(12-18)16-32/h5-9,12-13,23,29,32-34H,1-4,10-11,14-17H2,(H,30,36)/t23-/m0/s1. The SMILES string of the molecule is O=C1CNC(=O)N1c1cccc(C(F)(F)COCCCCCCNC[C@H](O)c2ccc(O)c(CO)c2)c1. The molecule has 0 saturated carbocycles. The Balaban J connectivity index is 1.29. The number of aromatic hydroxyl groups is 1. The molecular formula is C26H33F2N3O6. The van der Waals surface area contributed by atoms with Crippen molar-refractivity contribution in [2.24, 2.45) is 0 Å². The summed E-state index contributed by atoms with van der Waals surface area (Å²) in [4.78, 5) is 24.4. The van der Waals surface area contributed by atoms with Gasteiger partial charge in [-0.25, -0.2) is 9.69 Å². The fourth-order valence-corrected chi connectivity index (χ4v) is 3.94. The monoisotopic (exact) mass is 521 g/mol. The first-order valence-corrected chi connectivity index (χ1v) is 12.2. The highest BCUT2D eigenvalue weighted by atomic mass is 19.3. The number of amides is 3. The van der Waals surface area contributed by atoms with E-state index in [1.54, 1.807) is 12.1 Å². The summed E-state index contributed by atoms with van der Waals surface area (Å²) in [5.74, 6) is -3.78. The van der Waals surface area contributed by atoms with Gasteiger partial charge < -0.3 is 30.7 Å². The summed E-state index contributed by atoms with van der Waals surface area (Å²) in [6.07, 6.45) is 2.36. The van der Waals surface area contributed by atoms with Crippen LogP contribution in [0.2, 0.25) is 0 Å². The quantitative estimate of drug-likeness (QED) is 0.180. The van der Waals surface area contributed by atoms with Gasteiger partial charge in [0.1, 0.15) is 12.4 Å². The molecule has 1 atom stereocenters. The first-order valence-electron chi connectivity index (χ1n) is 12.2. The number of hydrogen-bond acceptors (Lipinski definition) is 7. The second-order valence-electron chi connectivity index (χ2n) is 8.88. The van der Waals surface area contributed by atoms with E-state index in [-0.39, 0.29) is 36.8 Å². The molecule has 5 N–H and O–H groups in total. The van der Waals surface area contributed by atoms with E-state index in [1.807, 2.05) is 0 Å². The number of aliphatic hydroxyl groups excluding tert-OH is 2. The van der Waals surface area contributed by atoms with Crippen LogP contribution in [0, 0.1) is 0 Å². The molecule has 37 heavy (non-hydrogen) atoms. The number of urea groups is 1. The van der Waals surface area contributed by atoms with Crippen LogP contribution in [0.15, 0.2) is 42.5 Å². The summed E-state index contributed by atoms with van der Waals surface area (Å²) in [5, 5.41) is 34.5. The van der Waals surface area contributed by atoms with Gasteiger partial charge in [0.25, 0.3) is 11.8 Å². The van der Waals surface area contributed by atoms with E-state index in [0.29, 0.717) is 30.6 Å². The van der Waals surface area contributed by atoms with Crippen molar-refractivity contribution in [1.29, 1.82) is 0 Å². The Bertz CT molecular complexity index is 1050. The highest BCUT2D eigenvalue weighted by Gasteiger charge is 2.35. The Morgan fingerprint density at radius 1 is 1.11 bits per heavy atom. The number of carbonyl (C=O) groups is 2. The molecule has 202 valence electrons. The van der Waals surface area contributed by atoms with Crippen LogP contribution in [0.1, 0.15) is 48.5 Å². The van der Waals surface area contributed by atoms with Gasteiger partial charge in [-0.05, 0) is 49.2 Å². The second kappa shape index (κ2) is 13.4. The van der Waals surface area contributed by atoms with Crippen LogP contribution in [0.3, 0.4) is 0 Å². The lowest BCUT2D eigenvalue weighted by atomic mass is 10.1. The van der Waals surface area contributed by atoms with Gasteiger partial charge in [-0.1, -0.05) is 31.0 Å². The Morgan fingerprint density at radius 2 is 1.89 bits per heavy atom. The van der Waals surface area contributed by atoms with Gasteiger partial charge in [-0.3, -0.25) is 4.79 Å². The lowest BCUT2D eigenvalue weighted by Crippen LogP contribution is -2.31. The first kappa shape index (κ1) is 28.5. The number of benzene rings is 2. The van der Waals surface area contributed by atoms with E-state index >= 15 is 0 Å². The van der Waals surface area contributed by atoms with Crippen LogP contribution >= 0.6 is 0 Å². The van der Waals surface area contributed by atoms with Gasteiger partial charge in [-0.15, -0.1) is 0 Å². The third-order valence-corrected chi connectivity index (χ3v) is 6.04. The van der Waals surface area contributed by atoms with Crippen LogP contribution in [-0.2, 0) is 22.1 Å². The Kier molecular flexibility index (Phi) is 10.3. The number of ether oxygens (including phenoxy) is 1. The maximum Gasteiger partial charge on any atom is 0.329 e. The van der Waals surface area contributed by atoms with Crippen molar-refractivity contribution in [3.63, 3.8) is 0 Å². The van der Waals surface area contributed by atoms with Gasteiger partial charge in [0, 0.05) is 24.3 Å². The number of nitrogens with one attached hydrogen (secondary N) is 2. The first-order chi connectivity index (χ1) is 17.7. The second-order valence-corrected chi connectivity index (χ2v) is 8.88. The molecule has 3 rings (SSSR count). The molecule has 0 aromatic heterocycles. The molecule has 0 unspecified atom stereocenters. The zero-order valence-electron chi connectivity index (χ0n) is 20.5. The number of phenols is 1. The predicted octanol–water partition coefficient (Wildman–Crippen LogP) is 2.93. The van der Waals surface area contributed by atoms with E-state index in [2.05, 4.69) is 10.6 Å². The van der Waals surface area contributed by atoms with Crippen LogP contribution < -0.4 is 15.5 Å². The fraction of sp³-hybridized carbons (Fsp3) is 0.462. The third-order valence-electron chi connectivity index (χ3n) is 6.04. The Morgan fingerprint density at radius 3 is 2.62 bits per heavy atom. The molecule has 0 spiro atoms. The minimum atomic E-state index is -3.27. The smallest absolute Gasteiger partial charge is 0.329 e. The van der Waals surface area contributed by atoms with Crippen molar-refractivity contribution >= 4 is 17.6 Å². The molecule has 0 bridgehead atoms. The van der Waals surface area contributed by atoms with E-state index in [4.69, 9.17) is 4.74 Å². The molecule has 2 aromatic carbocycles. The summed E-state index contributed by atoms with van der Waals surface area (Å²) in [7, 11) is 0. The van der Waals surface area contributed by atoms with E-state index < -0.39 is 30.6 Å². The minimum Gasteiger partial charge on any atom is -0.508 e. The molecule has 3 amide bonds. The van der Waals surface area contributed by atoms with Crippen molar-refractivity contribution in [2.75, 3.05) is 37.7 Å². The largest absolute Gasteiger partial charge is 0.508 e. The summed E-state index contributed by atoms with van der Waals surface area (Å²) >= 11 is 0. The third kappa shape index (κ3) is 7.93. The average molecular weight is 522 g/mol. The summed E-state index contributed by atoms with van der Waals surface area (Å²) in [5.41, 5.74) is 0.727. The molecule has 0 radical (unpaired) electrons. The fourth-order valence-electron chi connectivity index (χ4n) is 3.94. The zero-order chi connectivity index (χ0) is 26.8. The molecule has 1 aliphatic rings. The van der Waals surface area contributed by atoms with Crippen LogP contribution in [0.4, 0.5) is 19.3 Å². The minimum absolute atomic E-state index is 0.0148. The van der Waals surface area contributed by atoms with Gasteiger partial charge in [0.15, 0.2) is 0 Å². The lowest BCUT2D eigenvalue weighted by molar-refractivity contribution is -0.115. The van der Waals surface area contributed by atoms with Crippen molar-refractivity contribution in [2.45, 2.75) is 44.3 Å². The lowest BCUT2D eigenvalue weighted by Gasteiger charge is -2.19. The van der Waals surface area contributed by atoms with Gasteiger partial charge in [-0.2, -0.15) is 8.78 Å². The maximum absolute atomic E-state index is 14.6. The van der Waals surface area contributed by atoms with E-state index in [0.717, 1.165) is 30.2 Å². The summed E-state index contributed by atoms with van der Waals surface area (Å²) in [6, 6.07) is 9.15. The normalized spacial score (nSPS) is 14.8. The molecule has 11 heteroatoms. The van der Waals surface area contributed by atoms with Crippen LogP contribution in [-0.4, -0.2) is 60.1 Å². The predicted molar refractivity (Wildman–Crippen MR) is 132 cm³/mol. The number of hydrogen-bond donors (Lipinski definition) is 5. The molecule has 1 aliphatic heterocycles. The van der Waals surface area contributed by atoms with Crippen molar-refractivity contribution in [3.05, 3.63) is 59.2 Å². The van der Waals surface area contributed by atoms with Crippen molar-refractivity contribution in [1.82, 2.24) is 10.6 Å². The van der Waals surface area contributed by atoms with Crippen LogP contribution in [0.5, 0.6) is 5.75 Å². The van der Waals surface area contributed by atoms with Crippen LogP contribution in [0.25, 0.3) is 0 Å². The van der Waals surface area contributed by atoms with Gasteiger partial charge in [0.05, 0.1) is 24.9 Å². The number of nitrogens with zero attached hydrogens (tertiary/aromatic N) is 1. The number of rotatable bonds is 15. The maximum atomic E-state index is 14.6. The number of unbranched alkanes of at least 4 members (excludes halogenated alkanes) is 3. The molecule has 0 aliphatic carbocycles. The van der Waals surface area contributed by atoms with Gasteiger partial charge >= 0.3 is 6.03 Å². The molecule has 1 saturated heterocycles. The topological polar surface area (TPSA) is 131 Å². The van der Waals surface area contributed by atoms with Crippen molar-refractivity contribution in [3.8, 4) is 5.75 Å². The number of halogens is 2. The average Bonchev–Trinajstić information content (AvgIpc) is 3.22. The van der Waals surface area contributed by atoms with E-state index in [1.165, 1.54) is 24.3 Å². The molecule has 2 aromatic rings. The number of anilines is 1. The number of alkyl halides is 2. The summed E-state index contributed by atoms with van der Waals surface area (Å²) in [6.45, 7) is -0.0872. The number of carbonyl (C=O) groups excluding carboxylic acids is 2. The molecule has 1 fully saturated rings. The number of imide groups is 1. The zero-order valence-corrected chi connectivity index (χ0v) is 20.5. The molecule has 1 heterocycles. The Hall–Kier alpha value is -3.12. The highest BCUT2D eigenvalue weighted by molar-refractivity contribution is 6.19. The number of aliphatic hydroxyl groups is 2. The van der Waals surface area contributed by atoms with Gasteiger partial charge in [0.2, 0.25) is 0 Å². The molecular weight excluding hydrogens is 488 g/mol. The molecule has 9 nitrogen and oxygen atoms in total. The summed E-state index contributed by atoms with van der Waals surface area (Å²) < 4.78 is 34.4.